The summed E-state index contributed by atoms with van der Waals surface area (Å²) in [5.41, 5.74) is 19.1. The Labute approximate surface area is 336 Å². The van der Waals surface area contributed by atoms with E-state index in [1.54, 1.807) is 0 Å². The first kappa shape index (κ1) is 34.8. The zero-order chi connectivity index (χ0) is 38.3. The van der Waals surface area contributed by atoms with Crippen molar-refractivity contribution in [2.45, 2.75) is 39.5 Å². The lowest BCUT2D eigenvalue weighted by Crippen LogP contribution is -2.18. The fourth-order valence-corrected chi connectivity index (χ4v) is 9.09. The molecule has 0 N–H and O–H groups in total. The number of hydrogen-bond acceptors (Lipinski definition) is 1. The fourth-order valence-electron chi connectivity index (χ4n) is 9.09. The van der Waals surface area contributed by atoms with Gasteiger partial charge in [0.15, 0.2) is 0 Å². The second-order valence-corrected chi connectivity index (χ2v) is 15.7. The highest BCUT2D eigenvalue weighted by molar-refractivity contribution is 6.25. The van der Waals surface area contributed by atoms with Crippen molar-refractivity contribution in [1.29, 1.82) is 0 Å². The summed E-state index contributed by atoms with van der Waals surface area (Å²) in [6.07, 6.45) is 13.5. The average Bonchev–Trinajstić information content (AvgIpc) is 3.28. The van der Waals surface area contributed by atoms with E-state index in [1.165, 1.54) is 105 Å². The Bertz CT molecular complexity index is 2860. The van der Waals surface area contributed by atoms with Crippen molar-refractivity contribution in [2.75, 3.05) is 4.90 Å². The van der Waals surface area contributed by atoms with Gasteiger partial charge in [-0.15, -0.1) is 0 Å². The summed E-state index contributed by atoms with van der Waals surface area (Å²) in [5, 5.41) is 5.29. The summed E-state index contributed by atoms with van der Waals surface area (Å²) >= 11 is 0. The first-order valence-corrected chi connectivity index (χ1v) is 20.4. The third-order valence-corrected chi connectivity index (χ3v) is 12.0. The smallest absolute Gasteiger partial charge is 0.0464 e. The van der Waals surface area contributed by atoms with Gasteiger partial charge in [0.05, 0.1) is 0 Å². The van der Waals surface area contributed by atoms with Gasteiger partial charge in [-0.2, -0.15) is 0 Å². The van der Waals surface area contributed by atoms with Gasteiger partial charge in [0.25, 0.3) is 0 Å². The van der Waals surface area contributed by atoms with E-state index in [4.69, 9.17) is 0 Å². The first-order chi connectivity index (χ1) is 28.1. The van der Waals surface area contributed by atoms with Gasteiger partial charge in [-0.3, -0.25) is 0 Å². The van der Waals surface area contributed by atoms with E-state index >= 15 is 0 Å². The van der Waals surface area contributed by atoms with Crippen molar-refractivity contribution >= 4 is 39.0 Å². The van der Waals surface area contributed by atoms with Crippen LogP contribution in [-0.4, -0.2) is 0 Å². The number of hydrogen-bond donors (Lipinski definition) is 0. The van der Waals surface area contributed by atoms with Crippen LogP contribution in [0.2, 0.25) is 0 Å². The molecule has 274 valence electrons. The van der Waals surface area contributed by atoms with E-state index in [0.717, 1.165) is 25.7 Å². The molecular weight excluding hydrogens is 687 g/mol. The Kier molecular flexibility index (Phi) is 9.00. The number of anilines is 2. The Balaban J connectivity index is 1.32. The zero-order valence-electron chi connectivity index (χ0n) is 32.7. The number of allylic oxidation sites excluding steroid dienone is 5. The minimum absolute atomic E-state index is 1.01. The summed E-state index contributed by atoms with van der Waals surface area (Å²) in [5.74, 6) is 0. The number of fused-ring (bicyclic) bond motifs is 6. The average molecular weight is 732 g/mol. The minimum atomic E-state index is 1.01. The molecule has 0 fully saturated rings. The van der Waals surface area contributed by atoms with E-state index in [1.807, 2.05) is 0 Å². The Hall–Kier alpha value is -6.70. The highest BCUT2D eigenvalue weighted by atomic mass is 15.1. The number of nitrogens with zero attached hydrogens (tertiary/aromatic N) is 1. The molecule has 1 nitrogen and oxygen atoms in total. The van der Waals surface area contributed by atoms with Crippen LogP contribution in [-0.2, 0) is 6.42 Å². The SMILES string of the molecule is CC1=CC=C(N(c2ccc(C)cc2)c2ccc3c(c2)c2c(c4c(-c5ccccc5)cc(-c5ccccc5)c(-c5ccc(-c6ccccc6)cc5)c43)C=CCC2)CC1. The van der Waals surface area contributed by atoms with Crippen molar-refractivity contribution in [3.8, 4) is 44.5 Å². The van der Waals surface area contributed by atoms with Crippen LogP contribution in [0.4, 0.5) is 11.4 Å². The van der Waals surface area contributed by atoms with Crippen LogP contribution in [0.1, 0.15) is 42.9 Å². The minimum Gasteiger partial charge on any atom is -0.314 e. The standard InChI is InChI=1S/C56H45N/c1-38-22-30-45(31-23-38)57(46-32-24-39(2)25-33-46)47-34-35-50-53(36-47)48-20-12-13-21-49(48)55-52(43-18-10-5-11-19-43)37-51(42-16-8-4-9-17-42)54(56(50)55)44-28-26-41(27-29-44)40-14-6-3-7-15-40/h3-11,13-19,21-24,26-32,34-37H,12,20,25,33H2,1-2H3. The molecule has 8 aromatic carbocycles. The Morgan fingerprint density at radius 2 is 1.07 bits per heavy atom. The lowest BCUT2D eigenvalue weighted by atomic mass is 9.78. The second kappa shape index (κ2) is 14.8. The van der Waals surface area contributed by atoms with Crippen LogP contribution < -0.4 is 4.90 Å². The molecule has 0 aromatic heterocycles. The predicted molar refractivity (Wildman–Crippen MR) is 245 cm³/mol. The maximum absolute atomic E-state index is 2.50. The summed E-state index contributed by atoms with van der Waals surface area (Å²) < 4.78 is 0. The molecule has 0 saturated heterocycles. The summed E-state index contributed by atoms with van der Waals surface area (Å²) in [6, 6.07) is 60.8. The molecule has 0 aliphatic heterocycles. The molecule has 0 bridgehead atoms. The van der Waals surface area contributed by atoms with E-state index in [9.17, 15) is 0 Å². The molecule has 8 aromatic rings. The molecular formula is C56H45N. The maximum Gasteiger partial charge on any atom is 0.0464 e. The van der Waals surface area contributed by atoms with Crippen LogP contribution in [0, 0.1) is 6.92 Å². The van der Waals surface area contributed by atoms with Crippen LogP contribution in [0.3, 0.4) is 0 Å². The Morgan fingerprint density at radius 1 is 0.456 bits per heavy atom. The van der Waals surface area contributed by atoms with E-state index in [-0.39, 0.29) is 0 Å². The van der Waals surface area contributed by atoms with Crippen LogP contribution >= 0.6 is 0 Å². The topological polar surface area (TPSA) is 3.24 Å². The van der Waals surface area contributed by atoms with Crippen molar-refractivity contribution in [3.05, 3.63) is 210 Å². The monoisotopic (exact) mass is 731 g/mol. The van der Waals surface area contributed by atoms with E-state index in [2.05, 4.69) is 207 Å². The highest BCUT2D eigenvalue weighted by Crippen LogP contribution is 2.50. The van der Waals surface area contributed by atoms with Crippen molar-refractivity contribution in [3.63, 3.8) is 0 Å². The molecule has 10 rings (SSSR count). The highest BCUT2D eigenvalue weighted by Gasteiger charge is 2.25. The van der Waals surface area contributed by atoms with Gasteiger partial charge in [0.2, 0.25) is 0 Å². The van der Waals surface area contributed by atoms with Gasteiger partial charge in [0, 0.05) is 17.1 Å². The van der Waals surface area contributed by atoms with Crippen LogP contribution in [0.25, 0.3) is 72.1 Å². The molecule has 1 heteroatoms. The van der Waals surface area contributed by atoms with Gasteiger partial charge in [-0.1, -0.05) is 163 Å². The quantitative estimate of drug-likeness (QED) is 0.148. The Morgan fingerprint density at radius 3 is 1.74 bits per heavy atom. The predicted octanol–water partition coefficient (Wildman–Crippen LogP) is 15.7. The van der Waals surface area contributed by atoms with Gasteiger partial charge in [-0.25, -0.2) is 0 Å². The van der Waals surface area contributed by atoms with Crippen molar-refractivity contribution in [2.24, 2.45) is 0 Å². The van der Waals surface area contributed by atoms with Gasteiger partial charge < -0.3 is 4.90 Å². The molecule has 0 saturated carbocycles. The maximum atomic E-state index is 2.50. The largest absolute Gasteiger partial charge is 0.314 e. The van der Waals surface area contributed by atoms with Crippen molar-refractivity contribution in [1.82, 2.24) is 0 Å². The summed E-state index contributed by atoms with van der Waals surface area (Å²) in [7, 11) is 0. The number of rotatable bonds is 7. The third-order valence-electron chi connectivity index (χ3n) is 12.0. The lowest BCUT2D eigenvalue weighted by Gasteiger charge is -2.31. The molecule has 0 spiro atoms. The van der Waals surface area contributed by atoms with Crippen molar-refractivity contribution < 1.29 is 0 Å². The second-order valence-electron chi connectivity index (χ2n) is 15.7. The molecule has 2 aliphatic carbocycles. The van der Waals surface area contributed by atoms with Crippen LogP contribution in [0.15, 0.2) is 193 Å². The lowest BCUT2D eigenvalue weighted by molar-refractivity contribution is 0.875. The molecule has 57 heavy (non-hydrogen) atoms. The molecule has 0 radical (unpaired) electrons. The molecule has 0 heterocycles. The molecule has 2 aliphatic rings. The summed E-state index contributed by atoms with van der Waals surface area (Å²) in [6.45, 7) is 4.41. The van der Waals surface area contributed by atoms with E-state index in [0.29, 0.717) is 0 Å². The van der Waals surface area contributed by atoms with Gasteiger partial charge >= 0.3 is 0 Å². The summed E-state index contributed by atoms with van der Waals surface area (Å²) in [4.78, 5) is 2.50. The normalized spacial score (nSPS) is 13.6. The molecule has 0 unspecified atom stereocenters. The third kappa shape index (κ3) is 6.40. The fraction of sp³-hybridized carbons (Fsp3) is 0.107. The first-order valence-electron chi connectivity index (χ1n) is 20.4. The molecule has 0 amide bonds. The number of benzene rings is 8. The molecule has 0 atom stereocenters. The van der Waals surface area contributed by atoms with Crippen LogP contribution in [0.5, 0.6) is 0 Å². The van der Waals surface area contributed by atoms with Gasteiger partial charge in [0.1, 0.15) is 0 Å². The zero-order valence-corrected chi connectivity index (χ0v) is 32.7. The van der Waals surface area contributed by atoms with Gasteiger partial charge in [-0.05, 0) is 153 Å². The van der Waals surface area contributed by atoms with E-state index < -0.39 is 0 Å². The number of aryl methyl sites for hydroxylation is 2.